The van der Waals surface area contributed by atoms with Gasteiger partial charge in [0.2, 0.25) is 0 Å². The zero-order valence-electron chi connectivity index (χ0n) is 9.17. The predicted molar refractivity (Wildman–Crippen MR) is 58.0 cm³/mol. The maximum atomic E-state index is 11.2. The van der Waals surface area contributed by atoms with E-state index in [9.17, 15) is 14.9 Å². The molecule has 0 bridgehead atoms. The van der Waals surface area contributed by atoms with Crippen molar-refractivity contribution in [2.24, 2.45) is 5.92 Å². The van der Waals surface area contributed by atoms with Crippen molar-refractivity contribution in [3.63, 3.8) is 0 Å². The van der Waals surface area contributed by atoms with Gasteiger partial charge in [0.25, 0.3) is 5.69 Å². The van der Waals surface area contributed by atoms with Gasteiger partial charge in [-0.2, -0.15) is 0 Å². The lowest BCUT2D eigenvalue weighted by molar-refractivity contribution is -0.384. The monoisotopic (exact) mass is 223 g/mol. The van der Waals surface area contributed by atoms with Crippen LogP contribution in [-0.4, -0.2) is 18.0 Å². The molecular weight excluding hydrogens is 210 g/mol. The van der Waals surface area contributed by atoms with Crippen LogP contribution in [0.1, 0.15) is 12.5 Å². The van der Waals surface area contributed by atoms with Crippen LogP contribution in [0, 0.1) is 16.0 Å². The lowest BCUT2D eigenvalue weighted by atomic mass is 10.0. The first-order valence-electron chi connectivity index (χ1n) is 4.85. The van der Waals surface area contributed by atoms with Crippen LogP contribution < -0.4 is 0 Å². The van der Waals surface area contributed by atoms with Crippen LogP contribution in [0.25, 0.3) is 0 Å². The summed E-state index contributed by atoms with van der Waals surface area (Å²) in [7, 11) is 1.33. The molecule has 1 aromatic rings. The number of carbonyl (C=O) groups excluding carboxylic acids is 1. The summed E-state index contributed by atoms with van der Waals surface area (Å²) in [6.07, 6.45) is 0.439. The van der Waals surface area contributed by atoms with E-state index in [2.05, 4.69) is 4.74 Å². The first kappa shape index (κ1) is 12.2. The first-order valence-corrected chi connectivity index (χ1v) is 4.85. The number of nitro benzene ring substituents is 1. The second-order valence-corrected chi connectivity index (χ2v) is 3.56. The van der Waals surface area contributed by atoms with Crippen molar-refractivity contribution in [1.82, 2.24) is 0 Å². The summed E-state index contributed by atoms with van der Waals surface area (Å²) in [5.74, 6) is -0.612. The summed E-state index contributed by atoms with van der Waals surface area (Å²) in [6.45, 7) is 1.73. The standard InChI is InChI=1S/C11H13NO4/c1-8(11(13)16-2)6-9-4-3-5-10(7-9)12(14)15/h3-5,7-8H,6H2,1-2H3. The van der Waals surface area contributed by atoms with E-state index in [1.54, 1.807) is 19.1 Å². The fraction of sp³-hybridized carbons (Fsp3) is 0.364. The number of hydrogen-bond acceptors (Lipinski definition) is 4. The van der Waals surface area contributed by atoms with Crippen LogP contribution in [0.3, 0.4) is 0 Å². The van der Waals surface area contributed by atoms with Crippen LogP contribution >= 0.6 is 0 Å². The van der Waals surface area contributed by atoms with Crippen molar-refractivity contribution in [2.45, 2.75) is 13.3 Å². The minimum Gasteiger partial charge on any atom is -0.469 e. The highest BCUT2D eigenvalue weighted by Gasteiger charge is 2.15. The molecule has 0 saturated carbocycles. The van der Waals surface area contributed by atoms with Crippen LogP contribution in [0.4, 0.5) is 5.69 Å². The fourth-order valence-corrected chi connectivity index (χ4v) is 1.44. The predicted octanol–water partition coefficient (Wildman–Crippen LogP) is 1.95. The van der Waals surface area contributed by atoms with Gasteiger partial charge in [0.1, 0.15) is 0 Å². The number of benzene rings is 1. The van der Waals surface area contributed by atoms with E-state index in [4.69, 9.17) is 0 Å². The molecule has 0 aliphatic carbocycles. The van der Waals surface area contributed by atoms with E-state index < -0.39 is 4.92 Å². The third-order valence-corrected chi connectivity index (χ3v) is 2.27. The Labute approximate surface area is 93.2 Å². The maximum absolute atomic E-state index is 11.2. The van der Waals surface area contributed by atoms with Gasteiger partial charge in [0.05, 0.1) is 18.0 Å². The molecule has 0 aromatic heterocycles. The average Bonchev–Trinajstić information content (AvgIpc) is 2.28. The first-order chi connectivity index (χ1) is 7.54. The summed E-state index contributed by atoms with van der Waals surface area (Å²) in [5.41, 5.74) is 0.793. The van der Waals surface area contributed by atoms with E-state index >= 15 is 0 Å². The Morgan fingerprint density at radius 3 is 2.81 bits per heavy atom. The van der Waals surface area contributed by atoms with Gasteiger partial charge in [-0.3, -0.25) is 14.9 Å². The molecule has 0 N–H and O–H groups in total. The molecule has 1 atom stereocenters. The molecule has 1 aromatic carbocycles. The molecule has 0 radical (unpaired) electrons. The van der Waals surface area contributed by atoms with Crippen LogP contribution in [0.15, 0.2) is 24.3 Å². The Morgan fingerprint density at radius 1 is 1.56 bits per heavy atom. The number of hydrogen-bond donors (Lipinski definition) is 0. The SMILES string of the molecule is COC(=O)C(C)Cc1cccc([N+](=O)[O-])c1. The summed E-state index contributed by atoms with van der Waals surface area (Å²) in [4.78, 5) is 21.3. The number of non-ortho nitro benzene ring substituents is 1. The largest absolute Gasteiger partial charge is 0.469 e. The Hall–Kier alpha value is -1.91. The lowest BCUT2D eigenvalue weighted by Gasteiger charge is -2.08. The number of carbonyl (C=O) groups is 1. The van der Waals surface area contributed by atoms with Crippen molar-refractivity contribution >= 4 is 11.7 Å². The molecule has 0 spiro atoms. The number of ether oxygens (including phenoxy) is 1. The highest BCUT2D eigenvalue weighted by atomic mass is 16.6. The number of esters is 1. The van der Waals surface area contributed by atoms with Crippen molar-refractivity contribution in [2.75, 3.05) is 7.11 Å². The molecule has 1 unspecified atom stereocenters. The van der Waals surface area contributed by atoms with Crippen LogP contribution in [0.2, 0.25) is 0 Å². The Balaban J connectivity index is 2.78. The third-order valence-electron chi connectivity index (χ3n) is 2.27. The zero-order valence-corrected chi connectivity index (χ0v) is 9.17. The number of methoxy groups -OCH3 is 1. The topological polar surface area (TPSA) is 69.4 Å². The van der Waals surface area contributed by atoms with Gasteiger partial charge in [-0.15, -0.1) is 0 Å². The molecule has 1 rings (SSSR count). The Kier molecular flexibility index (Phi) is 3.99. The van der Waals surface area contributed by atoms with Crippen molar-refractivity contribution in [3.8, 4) is 0 Å². The molecule has 86 valence electrons. The van der Waals surface area contributed by atoms with Gasteiger partial charge in [-0.05, 0) is 12.0 Å². The van der Waals surface area contributed by atoms with Crippen molar-refractivity contribution < 1.29 is 14.5 Å². The molecule has 0 aliphatic heterocycles. The van der Waals surface area contributed by atoms with E-state index in [1.165, 1.54) is 19.2 Å². The van der Waals surface area contributed by atoms with Crippen LogP contribution in [0.5, 0.6) is 0 Å². The summed E-state index contributed by atoms with van der Waals surface area (Å²) < 4.78 is 4.59. The summed E-state index contributed by atoms with van der Waals surface area (Å²) >= 11 is 0. The molecule has 0 heterocycles. The van der Waals surface area contributed by atoms with E-state index in [0.29, 0.717) is 6.42 Å². The third kappa shape index (κ3) is 3.05. The smallest absolute Gasteiger partial charge is 0.308 e. The number of nitrogens with zero attached hydrogens (tertiary/aromatic N) is 1. The second kappa shape index (κ2) is 5.25. The molecule has 16 heavy (non-hydrogen) atoms. The number of nitro groups is 1. The molecule has 0 amide bonds. The summed E-state index contributed by atoms with van der Waals surface area (Å²) in [5, 5.41) is 10.5. The molecule has 5 heteroatoms. The average molecular weight is 223 g/mol. The highest BCUT2D eigenvalue weighted by Crippen LogP contribution is 2.16. The Morgan fingerprint density at radius 2 is 2.25 bits per heavy atom. The fourth-order valence-electron chi connectivity index (χ4n) is 1.44. The van der Waals surface area contributed by atoms with Gasteiger partial charge < -0.3 is 4.74 Å². The Bertz CT molecular complexity index is 403. The quantitative estimate of drug-likeness (QED) is 0.444. The number of rotatable bonds is 4. The van der Waals surface area contributed by atoms with E-state index in [1.807, 2.05) is 0 Å². The zero-order chi connectivity index (χ0) is 12.1. The second-order valence-electron chi connectivity index (χ2n) is 3.56. The maximum Gasteiger partial charge on any atom is 0.308 e. The summed E-state index contributed by atoms with van der Waals surface area (Å²) in [6, 6.07) is 6.26. The van der Waals surface area contributed by atoms with Crippen molar-refractivity contribution in [3.05, 3.63) is 39.9 Å². The molecule has 5 nitrogen and oxygen atoms in total. The van der Waals surface area contributed by atoms with Gasteiger partial charge in [-0.25, -0.2) is 0 Å². The van der Waals surface area contributed by atoms with Gasteiger partial charge >= 0.3 is 5.97 Å². The molecule has 0 saturated heterocycles. The minimum absolute atomic E-state index is 0.0366. The van der Waals surface area contributed by atoms with E-state index in [-0.39, 0.29) is 17.6 Å². The molecule has 0 aliphatic rings. The molecule has 0 fully saturated rings. The van der Waals surface area contributed by atoms with Crippen LogP contribution in [-0.2, 0) is 16.0 Å². The molecular formula is C11H13NO4. The lowest BCUT2D eigenvalue weighted by Crippen LogP contribution is -2.15. The van der Waals surface area contributed by atoms with Gasteiger partial charge in [0, 0.05) is 12.1 Å². The highest BCUT2D eigenvalue weighted by molar-refractivity contribution is 5.72. The van der Waals surface area contributed by atoms with E-state index in [0.717, 1.165) is 5.56 Å². The normalized spacial score (nSPS) is 11.9. The minimum atomic E-state index is -0.452. The van der Waals surface area contributed by atoms with Gasteiger partial charge in [0.15, 0.2) is 0 Å². The van der Waals surface area contributed by atoms with Crippen molar-refractivity contribution in [1.29, 1.82) is 0 Å². The van der Waals surface area contributed by atoms with Gasteiger partial charge in [-0.1, -0.05) is 19.1 Å².